The van der Waals surface area contributed by atoms with Crippen LogP contribution in [0.25, 0.3) is 5.57 Å². The minimum Gasteiger partial charge on any atom is -0.481 e. The van der Waals surface area contributed by atoms with E-state index in [0.29, 0.717) is 25.8 Å². The maximum absolute atomic E-state index is 10.8. The van der Waals surface area contributed by atoms with Crippen LogP contribution < -0.4 is 0 Å². The van der Waals surface area contributed by atoms with Crippen molar-refractivity contribution in [3.05, 3.63) is 132 Å². The van der Waals surface area contributed by atoms with Gasteiger partial charge in [-0.1, -0.05) is 48.2 Å². The van der Waals surface area contributed by atoms with Crippen molar-refractivity contribution in [2.45, 2.75) is 52.9 Å². The minimum absolute atomic E-state index is 0.172. The second-order valence-electron chi connectivity index (χ2n) is 10.0. The molecule has 0 radical (unpaired) electrons. The predicted octanol–water partition coefficient (Wildman–Crippen LogP) is 7.53. The fraction of sp³-hybridized carbons (Fsp3) is 0.286. The molecule has 8 nitrogen and oxygen atoms in total. The molecule has 8 heteroatoms. The Morgan fingerprint density at radius 1 is 1.23 bits per heavy atom. The van der Waals surface area contributed by atoms with E-state index in [1.807, 2.05) is 75.8 Å². The summed E-state index contributed by atoms with van der Waals surface area (Å²) in [6.45, 7) is 10.7. The molecule has 1 aliphatic carbocycles. The van der Waals surface area contributed by atoms with Crippen molar-refractivity contribution in [1.82, 2.24) is 19.8 Å². The molecule has 2 aliphatic rings. The van der Waals surface area contributed by atoms with Gasteiger partial charge in [-0.2, -0.15) is 5.10 Å². The third-order valence-electron chi connectivity index (χ3n) is 6.70. The Balaban J connectivity index is 0.000000299. The second-order valence-corrected chi connectivity index (χ2v) is 10.0. The summed E-state index contributed by atoms with van der Waals surface area (Å²) >= 11 is 0. The highest BCUT2D eigenvalue weighted by atomic mass is 16.5. The van der Waals surface area contributed by atoms with Crippen LogP contribution in [0.2, 0.25) is 0 Å². The summed E-state index contributed by atoms with van der Waals surface area (Å²) in [5, 5.41) is 17.0. The molecule has 0 unspecified atom stereocenters. The molecular formula is C35H41N5O3. The van der Waals surface area contributed by atoms with E-state index in [2.05, 4.69) is 58.7 Å². The first-order valence-corrected chi connectivity index (χ1v) is 14.4. The molecule has 0 atom stereocenters. The highest BCUT2D eigenvalue weighted by Gasteiger charge is 2.23. The van der Waals surface area contributed by atoms with Crippen LogP contribution in [0.3, 0.4) is 0 Å². The molecule has 0 saturated heterocycles. The number of rotatable bonds is 11. The van der Waals surface area contributed by atoms with Crippen LogP contribution in [0.1, 0.15) is 57.7 Å². The monoisotopic (exact) mass is 579 g/mol. The van der Waals surface area contributed by atoms with Gasteiger partial charge in [0, 0.05) is 49.8 Å². The van der Waals surface area contributed by atoms with Crippen LogP contribution in [-0.4, -0.2) is 43.3 Å². The molecule has 3 heterocycles. The maximum Gasteiger partial charge on any atom is 0.303 e. The van der Waals surface area contributed by atoms with E-state index in [1.165, 1.54) is 5.57 Å². The summed E-state index contributed by atoms with van der Waals surface area (Å²) in [4.78, 5) is 17.9. The Morgan fingerprint density at radius 3 is 2.72 bits per heavy atom. The number of aliphatic imine (C=N–C) groups is 1. The first-order chi connectivity index (χ1) is 20.8. The van der Waals surface area contributed by atoms with Crippen LogP contribution in [-0.2, 0) is 18.3 Å². The molecule has 1 N–H and O–H groups in total. The number of aryl methyl sites for hydroxylation is 1. The highest BCUT2D eigenvalue weighted by molar-refractivity contribution is 5.87. The Hall–Kier alpha value is -4.94. The number of hydrogen-bond donors (Lipinski definition) is 1. The fourth-order valence-corrected chi connectivity index (χ4v) is 4.36. The third-order valence-corrected chi connectivity index (χ3v) is 6.70. The Morgan fingerprint density at radius 2 is 2.07 bits per heavy atom. The van der Waals surface area contributed by atoms with E-state index in [1.54, 1.807) is 10.9 Å². The molecule has 0 bridgehead atoms. The number of carboxylic acids is 1. The first kappa shape index (κ1) is 32.6. The molecule has 2 aromatic rings. The van der Waals surface area contributed by atoms with Crippen LogP contribution in [0.5, 0.6) is 0 Å². The van der Waals surface area contributed by atoms with Gasteiger partial charge in [-0.15, -0.1) is 5.73 Å². The number of hydrogen-bond acceptors (Lipinski definition) is 6. The SMILES string of the molecule is C=C/C(=C\C=C\C)N1CC(=C/C)/C(=C\Cc2ccon2)N=C1CCCCC(=O)O.CC1=CC=C(c2cnn(C)c2)C=C=C1. The number of amidine groups is 1. The molecule has 224 valence electrons. The molecule has 0 spiro atoms. The summed E-state index contributed by atoms with van der Waals surface area (Å²) in [5.41, 5.74) is 10.5. The minimum atomic E-state index is -0.767. The van der Waals surface area contributed by atoms with Gasteiger partial charge in [-0.05, 0) is 74.6 Å². The molecule has 1 aliphatic heterocycles. The number of aliphatic carboxylic acids is 1. The number of carbonyl (C=O) groups is 1. The predicted molar refractivity (Wildman–Crippen MR) is 173 cm³/mol. The molecule has 43 heavy (non-hydrogen) atoms. The summed E-state index contributed by atoms with van der Waals surface area (Å²) < 4.78 is 6.70. The van der Waals surface area contributed by atoms with E-state index in [-0.39, 0.29) is 6.42 Å². The lowest BCUT2D eigenvalue weighted by atomic mass is 10.0. The number of carboxylic acid groups (broad SMARTS) is 1. The smallest absolute Gasteiger partial charge is 0.303 e. The van der Waals surface area contributed by atoms with E-state index in [0.717, 1.165) is 46.1 Å². The van der Waals surface area contributed by atoms with Crippen molar-refractivity contribution in [3.63, 3.8) is 0 Å². The zero-order valence-corrected chi connectivity index (χ0v) is 25.5. The zero-order chi connectivity index (χ0) is 31.0. The van der Waals surface area contributed by atoms with Crippen LogP contribution in [0, 0.1) is 0 Å². The van der Waals surface area contributed by atoms with Crippen LogP contribution in [0.15, 0.2) is 130 Å². The lowest BCUT2D eigenvalue weighted by Crippen LogP contribution is -2.35. The maximum atomic E-state index is 10.8. The van der Waals surface area contributed by atoms with Gasteiger partial charge in [-0.25, -0.2) is 4.99 Å². The van der Waals surface area contributed by atoms with Crippen molar-refractivity contribution < 1.29 is 14.4 Å². The van der Waals surface area contributed by atoms with Crippen molar-refractivity contribution in [2.24, 2.45) is 12.0 Å². The summed E-state index contributed by atoms with van der Waals surface area (Å²) in [5.74, 6) is 0.152. The van der Waals surface area contributed by atoms with Gasteiger partial charge in [0.2, 0.25) is 0 Å². The summed E-state index contributed by atoms with van der Waals surface area (Å²) in [7, 11) is 1.92. The molecule has 0 aromatic carbocycles. The Labute approximate surface area is 254 Å². The van der Waals surface area contributed by atoms with Gasteiger partial charge in [0.15, 0.2) is 0 Å². The first-order valence-electron chi connectivity index (χ1n) is 14.4. The topological polar surface area (TPSA) is 96.8 Å². The average Bonchev–Trinajstić information content (AvgIpc) is 3.63. The van der Waals surface area contributed by atoms with Crippen molar-refractivity contribution in [2.75, 3.05) is 6.54 Å². The lowest BCUT2D eigenvalue weighted by molar-refractivity contribution is -0.137. The molecule has 2 aromatic heterocycles. The number of unbranched alkanes of at least 4 members (excludes halogenated alkanes) is 1. The van der Waals surface area contributed by atoms with E-state index in [4.69, 9.17) is 14.6 Å². The van der Waals surface area contributed by atoms with Gasteiger partial charge >= 0.3 is 5.97 Å². The quantitative estimate of drug-likeness (QED) is 0.168. The Bertz CT molecular complexity index is 1530. The molecule has 0 fully saturated rings. The van der Waals surface area contributed by atoms with E-state index in [9.17, 15) is 4.79 Å². The number of aromatic nitrogens is 3. The van der Waals surface area contributed by atoms with E-state index < -0.39 is 5.97 Å². The highest BCUT2D eigenvalue weighted by Crippen LogP contribution is 2.26. The second kappa shape index (κ2) is 17.1. The molecule has 0 amide bonds. The van der Waals surface area contributed by atoms with Crippen LogP contribution >= 0.6 is 0 Å². The van der Waals surface area contributed by atoms with Crippen molar-refractivity contribution in [3.8, 4) is 0 Å². The molecule has 4 rings (SSSR count). The van der Waals surface area contributed by atoms with Gasteiger partial charge < -0.3 is 14.5 Å². The number of allylic oxidation sites excluding steroid dienone is 11. The summed E-state index contributed by atoms with van der Waals surface area (Å²) in [6.07, 6.45) is 28.3. The van der Waals surface area contributed by atoms with E-state index >= 15 is 0 Å². The van der Waals surface area contributed by atoms with Crippen molar-refractivity contribution in [1.29, 1.82) is 0 Å². The van der Waals surface area contributed by atoms with Crippen molar-refractivity contribution >= 4 is 17.4 Å². The molecule has 0 saturated carbocycles. The Kier molecular flexibility index (Phi) is 13.0. The normalized spacial score (nSPS) is 17.0. The lowest BCUT2D eigenvalue weighted by Gasteiger charge is -2.33. The van der Waals surface area contributed by atoms with Crippen LogP contribution in [0.4, 0.5) is 0 Å². The third kappa shape index (κ3) is 10.4. The number of nitrogens with zero attached hydrogens (tertiary/aromatic N) is 5. The van der Waals surface area contributed by atoms with Gasteiger partial charge in [0.25, 0.3) is 0 Å². The van der Waals surface area contributed by atoms with Gasteiger partial charge in [0.1, 0.15) is 12.1 Å². The summed E-state index contributed by atoms with van der Waals surface area (Å²) in [6, 6.07) is 1.84. The molecular weight excluding hydrogens is 538 g/mol. The average molecular weight is 580 g/mol. The largest absolute Gasteiger partial charge is 0.481 e. The van der Waals surface area contributed by atoms with Gasteiger partial charge in [-0.3, -0.25) is 9.48 Å². The zero-order valence-electron chi connectivity index (χ0n) is 25.5. The standard InChI is InChI=1S/C23H29N3O3.C12H12N2/c1-4-7-10-20(6-3)26-17-18(5-2)21(14-13-19-15-16-29-25-19)24-22(26)11-8-9-12-23(27)28;1-10-4-3-5-11(7-6-10)12-8-13-14(2)9-12/h4-7,10,14-16H,3,8-9,11-13,17H2,1-2H3,(H,27,28);4-9H,1-2H3/b7-4+,18-5-,20-10+,21-14+;. The fourth-order valence-electron chi connectivity index (χ4n) is 4.36. The van der Waals surface area contributed by atoms with Gasteiger partial charge in [0.05, 0.1) is 24.1 Å².